The normalized spacial score (nSPS) is 16.6. The van der Waals surface area contributed by atoms with Crippen molar-refractivity contribution in [1.29, 1.82) is 0 Å². The van der Waals surface area contributed by atoms with Gasteiger partial charge >= 0.3 is 0 Å². The highest BCUT2D eigenvalue weighted by Gasteiger charge is 2.33. The van der Waals surface area contributed by atoms with Crippen LogP contribution in [-0.4, -0.2) is 33.7 Å². The predicted octanol–water partition coefficient (Wildman–Crippen LogP) is 5.23. The van der Waals surface area contributed by atoms with E-state index in [1.807, 2.05) is 83.7 Å². The Hall–Kier alpha value is -4.10. The molecule has 7 nitrogen and oxygen atoms in total. The monoisotopic (exact) mass is 470 g/mol. The first-order chi connectivity index (χ1) is 16.7. The number of benzene rings is 3. The van der Waals surface area contributed by atoms with Crippen LogP contribution in [0.15, 0.2) is 84.1 Å². The van der Waals surface area contributed by atoms with Gasteiger partial charge in [-0.3, -0.25) is 4.79 Å². The molecule has 34 heavy (non-hydrogen) atoms. The molecule has 0 radical (unpaired) electrons. The standard InChI is InChI=1S/C26H19ClN4O3/c27-19-9-6-17(7-10-19)26-21(14-30(29-26)20-4-2-1-3-5-20)23-13-22(28-31(23)15-32)18-8-11-24-25(12-18)34-16-33-24/h1-12,14-15,23H,13,16H2. The maximum Gasteiger partial charge on any atom is 0.231 e. The third kappa shape index (κ3) is 3.60. The summed E-state index contributed by atoms with van der Waals surface area (Å²) < 4.78 is 12.8. The van der Waals surface area contributed by atoms with E-state index in [0.717, 1.165) is 40.2 Å². The van der Waals surface area contributed by atoms with E-state index in [9.17, 15) is 4.79 Å². The van der Waals surface area contributed by atoms with Gasteiger partial charge in [-0.15, -0.1) is 0 Å². The molecule has 3 aromatic carbocycles. The van der Waals surface area contributed by atoms with Crippen LogP contribution in [0, 0.1) is 0 Å². The zero-order valence-electron chi connectivity index (χ0n) is 18.0. The van der Waals surface area contributed by atoms with E-state index in [1.165, 1.54) is 5.01 Å². The van der Waals surface area contributed by atoms with Crippen LogP contribution in [0.25, 0.3) is 16.9 Å². The minimum absolute atomic E-state index is 0.206. The van der Waals surface area contributed by atoms with Gasteiger partial charge < -0.3 is 9.47 Å². The van der Waals surface area contributed by atoms with Gasteiger partial charge in [0.05, 0.1) is 23.1 Å². The quantitative estimate of drug-likeness (QED) is 0.374. The first kappa shape index (κ1) is 20.5. The van der Waals surface area contributed by atoms with Crippen LogP contribution in [-0.2, 0) is 4.79 Å². The molecule has 0 spiro atoms. The highest BCUT2D eigenvalue weighted by Crippen LogP contribution is 2.39. The second-order valence-corrected chi connectivity index (χ2v) is 8.48. The van der Waals surface area contributed by atoms with Crippen molar-refractivity contribution < 1.29 is 14.3 Å². The maximum absolute atomic E-state index is 12.1. The zero-order chi connectivity index (χ0) is 23.1. The number of amides is 1. The van der Waals surface area contributed by atoms with Gasteiger partial charge in [0.15, 0.2) is 11.5 Å². The van der Waals surface area contributed by atoms with Crippen molar-refractivity contribution in [2.24, 2.45) is 5.10 Å². The molecule has 0 saturated heterocycles. The van der Waals surface area contributed by atoms with Gasteiger partial charge in [-0.2, -0.15) is 10.2 Å². The number of para-hydroxylation sites is 1. The van der Waals surface area contributed by atoms with Crippen LogP contribution in [0.4, 0.5) is 0 Å². The smallest absolute Gasteiger partial charge is 0.231 e. The van der Waals surface area contributed by atoms with Gasteiger partial charge in [0.1, 0.15) is 0 Å². The number of halogens is 1. The zero-order valence-corrected chi connectivity index (χ0v) is 18.7. The summed E-state index contributed by atoms with van der Waals surface area (Å²) in [6, 6.07) is 22.8. The van der Waals surface area contributed by atoms with E-state index in [-0.39, 0.29) is 12.8 Å². The molecule has 6 rings (SSSR count). The van der Waals surface area contributed by atoms with Crippen LogP contribution >= 0.6 is 11.6 Å². The fourth-order valence-corrected chi connectivity index (χ4v) is 4.43. The molecule has 1 aromatic heterocycles. The van der Waals surface area contributed by atoms with Crippen LogP contribution < -0.4 is 9.47 Å². The Balaban J connectivity index is 1.41. The van der Waals surface area contributed by atoms with Crippen molar-refractivity contribution in [3.63, 3.8) is 0 Å². The minimum atomic E-state index is -0.305. The number of hydrogen-bond acceptors (Lipinski definition) is 5. The molecule has 8 heteroatoms. The lowest BCUT2D eigenvalue weighted by atomic mass is 9.96. The maximum atomic E-state index is 12.1. The van der Waals surface area contributed by atoms with Crippen molar-refractivity contribution in [2.75, 3.05) is 6.79 Å². The molecular formula is C26H19ClN4O3. The van der Waals surface area contributed by atoms with Gasteiger partial charge in [0.25, 0.3) is 0 Å². The molecule has 0 bridgehead atoms. The molecule has 1 amide bonds. The molecule has 1 atom stereocenters. The van der Waals surface area contributed by atoms with Gasteiger partial charge in [-0.1, -0.05) is 41.9 Å². The Morgan fingerprint density at radius 3 is 2.50 bits per heavy atom. The lowest BCUT2D eigenvalue weighted by molar-refractivity contribution is -0.119. The van der Waals surface area contributed by atoms with Gasteiger partial charge in [0, 0.05) is 34.3 Å². The number of rotatable bonds is 5. The second-order valence-electron chi connectivity index (χ2n) is 8.04. The van der Waals surface area contributed by atoms with Crippen molar-refractivity contribution in [3.05, 3.63) is 95.1 Å². The van der Waals surface area contributed by atoms with Crippen molar-refractivity contribution in [3.8, 4) is 28.4 Å². The summed E-state index contributed by atoms with van der Waals surface area (Å²) in [6.07, 6.45) is 3.27. The van der Waals surface area contributed by atoms with Crippen LogP contribution in [0.1, 0.15) is 23.6 Å². The van der Waals surface area contributed by atoms with Crippen LogP contribution in [0.2, 0.25) is 5.02 Å². The van der Waals surface area contributed by atoms with Crippen molar-refractivity contribution in [2.45, 2.75) is 12.5 Å². The number of hydrazone groups is 1. The number of carbonyl (C=O) groups is 1. The average molecular weight is 471 g/mol. The summed E-state index contributed by atoms with van der Waals surface area (Å²) in [7, 11) is 0. The molecular weight excluding hydrogens is 452 g/mol. The largest absolute Gasteiger partial charge is 0.454 e. The molecule has 3 heterocycles. The number of aromatic nitrogens is 2. The predicted molar refractivity (Wildman–Crippen MR) is 128 cm³/mol. The van der Waals surface area contributed by atoms with E-state index in [2.05, 4.69) is 5.10 Å². The lowest BCUT2D eigenvalue weighted by Crippen LogP contribution is -2.17. The third-order valence-corrected chi connectivity index (χ3v) is 6.25. The van der Waals surface area contributed by atoms with E-state index in [1.54, 1.807) is 0 Å². The second kappa shape index (κ2) is 8.35. The van der Waals surface area contributed by atoms with E-state index in [0.29, 0.717) is 22.9 Å². The Morgan fingerprint density at radius 1 is 0.941 bits per heavy atom. The molecule has 0 N–H and O–H groups in total. The van der Waals surface area contributed by atoms with E-state index in [4.69, 9.17) is 26.2 Å². The number of nitrogens with zero attached hydrogens (tertiary/aromatic N) is 4. The molecule has 168 valence electrons. The molecule has 2 aliphatic heterocycles. The molecule has 1 unspecified atom stereocenters. The number of hydrogen-bond donors (Lipinski definition) is 0. The first-order valence-corrected chi connectivity index (χ1v) is 11.2. The summed E-state index contributed by atoms with van der Waals surface area (Å²) in [5.41, 5.74) is 5.21. The number of fused-ring (bicyclic) bond motifs is 1. The minimum Gasteiger partial charge on any atom is -0.454 e. The van der Waals surface area contributed by atoms with Gasteiger partial charge in [-0.05, 0) is 42.5 Å². The molecule has 2 aliphatic rings. The van der Waals surface area contributed by atoms with Crippen molar-refractivity contribution in [1.82, 2.24) is 14.8 Å². The summed E-state index contributed by atoms with van der Waals surface area (Å²) >= 11 is 6.12. The van der Waals surface area contributed by atoms with Gasteiger partial charge in [0.2, 0.25) is 13.2 Å². The van der Waals surface area contributed by atoms with E-state index < -0.39 is 0 Å². The molecule has 0 saturated carbocycles. The first-order valence-electron chi connectivity index (χ1n) is 10.8. The number of ether oxygens (including phenoxy) is 2. The Kier molecular flexibility index (Phi) is 5.04. The molecule has 0 aliphatic carbocycles. The Labute approximate surface area is 200 Å². The highest BCUT2D eigenvalue weighted by molar-refractivity contribution is 6.30. The average Bonchev–Trinajstić information content (AvgIpc) is 3.62. The summed E-state index contributed by atoms with van der Waals surface area (Å²) in [6.45, 7) is 0.206. The lowest BCUT2D eigenvalue weighted by Gasteiger charge is -2.17. The number of carbonyl (C=O) groups excluding carboxylic acids is 1. The van der Waals surface area contributed by atoms with Gasteiger partial charge in [-0.25, -0.2) is 9.69 Å². The Morgan fingerprint density at radius 2 is 1.71 bits per heavy atom. The van der Waals surface area contributed by atoms with Crippen molar-refractivity contribution >= 4 is 23.7 Å². The van der Waals surface area contributed by atoms with Crippen LogP contribution in [0.3, 0.4) is 0 Å². The topological polar surface area (TPSA) is 69.0 Å². The van der Waals surface area contributed by atoms with E-state index >= 15 is 0 Å². The molecule has 4 aromatic rings. The fraction of sp³-hybridized carbons (Fsp3) is 0.115. The highest BCUT2D eigenvalue weighted by atomic mass is 35.5. The third-order valence-electron chi connectivity index (χ3n) is 6.00. The van der Waals surface area contributed by atoms with Crippen LogP contribution in [0.5, 0.6) is 11.5 Å². The fourth-order valence-electron chi connectivity index (χ4n) is 4.30. The Bertz CT molecular complexity index is 1400. The molecule has 0 fully saturated rings. The SMILES string of the molecule is O=CN1N=C(c2ccc3c(c2)OCO3)CC1c1cn(-c2ccccc2)nc1-c1ccc(Cl)cc1. The summed E-state index contributed by atoms with van der Waals surface area (Å²) in [4.78, 5) is 12.1. The summed E-state index contributed by atoms with van der Waals surface area (Å²) in [5.74, 6) is 1.39. The summed E-state index contributed by atoms with van der Waals surface area (Å²) in [5, 5.41) is 11.6.